The summed E-state index contributed by atoms with van der Waals surface area (Å²) in [4.78, 5) is 17.8. The minimum atomic E-state index is -2.52. The number of hydrogen-bond donors (Lipinski definition) is 1. The van der Waals surface area contributed by atoms with Crippen molar-refractivity contribution in [1.82, 2.24) is 19.9 Å². The lowest BCUT2D eigenvalue weighted by molar-refractivity contribution is -0.151. The van der Waals surface area contributed by atoms with Crippen LogP contribution in [0.4, 0.5) is 23.4 Å². The Balaban J connectivity index is 1.36. The highest BCUT2D eigenvalue weighted by molar-refractivity contribution is 6.01. The van der Waals surface area contributed by atoms with Gasteiger partial charge in [0.25, 0.3) is 0 Å². The van der Waals surface area contributed by atoms with Crippen molar-refractivity contribution in [2.24, 2.45) is 11.3 Å². The van der Waals surface area contributed by atoms with E-state index in [0.29, 0.717) is 73.2 Å². The van der Waals surface area contributed by atoms with E-state index in [9.17, 15) is 18.3 Å². The standard InChI is InChI=1S/C35H39F4N5O3/c1-4-22-26(36)7-6-20-14-21(45)15-23(27(20)22)29-28(37)30-24(16-40-29)32(44-11-5-9-35(18-44)10-13-47-35)42-33(41-30)46-19-34(2)17-43(3)12-8-25(34)31(38)39/h6-7,14-16,25,31,45H,4-5,8-13,17-19H2,1-3H3/t25-,34+,35?/m1/s1. The summed E-state index contributed by atoms with van der Waals surface area (Å²) in [5, 5.41) is 11.9. The Bertz CT molecular complexity index is 1840. The molecule has 7 rings (SSSR count). The van der Waals surface area contributed by atoms with E-state index in [1.165, 1.54) is 24.4 Å². The molecule has 3 saturated heterocycles. The molecule has 0 saturated carbocycles. The van der Waals surface area contributed by atoms with Gasteiger partial charge < -0.3 is 24.4 Å². The second-order valence-electron chi connectivity index (χ2n) is 13.7. The van der Waals surface area contributed by atoms with E-state index in [1.807, 2.05) is 23.8 Å². The zero-order valence-corrected chi connectivity index (χ0v) is 26.8. The number of halogens is 4. The molecule has 1 unspecified atom stereocenters. The molecule has 4 aromatic rings. The van der Waals surface area contributed by atoms with E-state index in [0.717, 1.165) is 19.3 Å². The zero-order valence-electron chi connectivity index (χ0n) is 26.8. The number of rotatable bonds is 7. The number of pyridine rings is 1. The van der Waals surface area contributed by atoms with Crippen LogP contribution in [-0.2, 0) is 11.2 Å². The molecular weight excluding hydrogens is 614 g/mol. The van der Waals surface area contributed by atoms with Crippen LogP contribution in [0.2, 0.25) is 0 Å². The van der Waals surface area contributed by atoms with Crippen LogP contribution >= 0.6 is 0 Å². The highest BCUT2D eigenvalue weighted by atomic mass is 19.3. The van der Waals surface area contributed by atoms with Crippen LogP contribution in [0.25, 0.3) is 32.9 Å². The Morgan fingerprint density at radius 1 is 1.13 bits per heavy atom. The lowest BCUT2D eigenvalue weighted by Crippen LogP contribution is -2.56. The number of likely N-dealkylation sites (tertiary alicyclic amines) is 1. The first kappa shape index (κ1) is 31.8. The number of ether oxygens (including phenoxy) is 2. The number of hydrogen-bond acceptors (Lipinski definition) is 8. The predicted octanol–water partition coefficient (Wildman–Crippen LogP) is 6.75. The van der Waals surface area contributed by atoms with Crippen LogP contribution in [0.3, 0.4) is 0 Å². The van der Waals surface area contributed by atoms with Crippen LogP contribution in [0.5, 0.6) is 11.8 Å². The normalized spacial score (nSPS) is 25.2. The molecule has 3 atom stereocenters. The first-order valence-corrected chi connectivity index (χ1v) is 16.3. The van der Waals surface area contributed by atoms with E-state index < -0.39 is 29.4 Å². The molecule has 47 heavy (non-hydrogen) atoms. The lowest BCUT2D eigenvalue weighted by Gasteiger charge is -2.48. The van der Waals surface area contributed by atoms with Crippen molar-refractivity contribution in [1.29, 1.82) is 0 Å². The third kappa shape index (κ3) is 5.62. The Morgan fingerprint density at radius 3 is 2.66 bits per heavy atom. The summed E-state index contributed by atoms with van der Waals surface area (Å²) in [6, 6.07) is 5.64. The third-order valence-electron chi connectivity index (χ3n) is 10.4. The SMILES string of the molecule is CCc1c(F)ccc2cc(O)cc(-c3ncc4c(N5CCCC6(CCO6)C5)nc(OC[C@]5(C)CN(C)CC[C@@H]5C(F)F)nc4c3F)c12. The summed E-state index contributed by atoms with van der Waals surface area (Å²) in [6.07, 6.45) is 2.32. The highest BCUT2D eigenvalue weighted by Crippen LogP contribution is 2.43. The molecule has 3 aliphatic heterocycles. The van der Waals surface area contributed by atoms with E-state index in [4.69, 9.17) is 14.5 Å². The minimum Gasteiger partial charge on any atom is -0.508 e. The number of aryl methyl sites for hydroxylation is 1. The number of fused-ring (bicyclic) bond motifs is 2. The van der Waals surface area contributed by atoms with Gasteiger partial charge in [-0.15, -0.1) is 0 Å². The maximum absolute atomic E-state index is 16.9. The molecule has 5 heterocycles. The average molecular weight is 654 g/mol. The summed E-state index contributed by atoms with van der Waals surface area (Å²) >= 11 is 0. The molecule has 0 radical (unpaired) electrons. The molecule has 8 nitrogen and oxygen atoms in total. The molecule has 3 fully saturated rings. The van der Waals surface area contributed by atoms with Gasteiger partial charge in [-0.25, -0.2) is 17.6 Å². The molecule has 1 spiro atoms. The van der Waals surface area contributed by atoms with Crippen molar-refractivity contribution in [3.05, 3.63) is 47.7 Å². The van der Waals surface area contributed by atoms with Gasteiger partial charge in [0, 0.05) is 49.1 Å². The maximum Gasteiger partial charge on any atom is 0.319 e. The Kier molecular flexibility index (Phi) is 8.15. The van der Waals surface area contributed by atoms with Crippen LogP contribution < -0.4 is 9.64 Å². The van der Waals surface area contributed by atoms with Gasteiger partial charge in [-0.1, -0.05) is 19.9 Å². The van der Waals surface area contributed by atoms with Gasteiger partial charge >= 0.3 is 6.01 Å². The topological polar surface area (TPSA) is 83.8 Å². The summed E-state index contributed by atoms with van der Waals surface area (Å²) in [7, 11) is 1.89. The van der Waals surface area contributed by atoms with Crippen LogP contribution in [0.1, 0.15) is 45.1 Å². The molecular formula is C35H39F4N5O3. The second kappa shape index (κ2) is 12.0. The van der Waals surface area contributed by atoms with Crippen LogP contribution in [0, 0.1) is 23.0 Å². The van der Waals surface area contributed by atoms with Crippen molar-refractivity contribution < 1.29 is 32.1 Å². The fraction of sp³-hybridized carbons (Fsp3) is 0.514. The van der Waals surface area contributed by atoms with Gasteiger partial charge in [-0.2, -0.15) is 9.97 Å². The van der Waals surface area contributed by atoms with Gasteiger partial charge in [0.15, 0.2) is 5.82 Å². The monoisotopic (exact) mass is 653 g/mol. The molecule has 0 amide bonds. The summed E-state index contributed by atoms with van der Waals surface area (Å²) < 4.78 is 72.3. The number of phenolic OH excluding ortho intramolecular Hbond substituents is 1. The smallest absolute Gasteiger partial charge is 0.319 e. The number of phenols is 1. The lowest BCUT2D eigenvalue weighted by atomic mass is 9.73. The Labute approximate surface area is 270 Å². The second-order valence-corrected chi connectivity index (χ2v) is 13.7. The molecule has 250 valence electrons. The van der Waals surface area contributed by atoms with Gasteiger partial charge in [-0.05, 0) is 73.8 Å². The van der Waals surface area contributed by atoms with Crippen molar-refractivity contribution in [2.75, 3.05) is 51.3 Å². The molecule has 0 bridgehead atoms. The van der Waals surface area contributed by atoms with Gasteiger partial charge in [0.1, 0.15) is 28.6 Å². The number of alkyl halides is 2. The molecule has 2 aromatic heterocycles. The first-order chi connectivity index (χ1) is 22.5. The van der Waals surface area contributed by atoms with E-state index in [2.05, 4.69) is 9.97 Å². The Hall–Kier alpha value is -3.77. The summed E-state index contributed by atoms with van der Waals surface area (Å²) in [6.45, 7) is 6.35. The molecule has 12 heteroatoms. The van der Waals surface area contributed by atoms with Crippen molar-refractivity contribution >= 4 is 27.5 Å². The number of piperidine rings is 2. The van der Waals surface area contributed by atoms with Gasteiger partial charge in [0.05, 0.1) is 24.2 Å². The minimum absolute atomic E-state index is 0.0635. The number of aromatic nitrogens is 3. The summed E-state index contributed by atoms with van der Waals surface area (Å²) in [5.41, 5.74) is -0.747. The largest absolute Gasteiger partial charge is 0.508 e. The van der Waals surface area contributed by atoms with Crippen LogP contribution in [0.15, 0.2) is 30.5 Å². The molecule has 2 aromatic carbocycles. The van der Waals surface area contributed by atoms with Crippen molar-refractivity contribution in [3.63, 3.8) is 0 Å². The predicted molar refractivity (Wildman–Crippen MR) is 171 cm³/mol. The molecule has 3 aliphatic rings. The third-order valence-corrected chi connectivity index (χ3v) is 10.4. The molecule has 1 N–H and O–H groups in total. The summed E-state index contributed by atoms with van der Waals surface area (Å²) in [5.74, 6) is -1.79. The maximum atomic E-state index is 16.9. The van der Waals surface area contributed by atoms with Crippen molar-refractivity contribution in [2.45, 2.75) is 58.0 Å². The van der Waals surface area contributed by atoms with E-state index >= 15 is 4.39 Å². The Morgan fingerprint density at radius 2 is 1.94 bits per heavy atom. The van der Waals surface area contributed by atoms with Crippen LogP contribution in [-0.4, -0.2) is 83.4 Å². The quantitative estimate of drug-likeness (QED) is 0.220. The number of anilines is 1. The number of benzene rings is 2. The van der Waals surface area contributed by atoms with E-state index in [-0.39, 0.29) is 40.7 Å². The average Bonchev–Trinajstić information content (AvgIpc) is 3.03. The zero-order chi connectivity index (χ0) is 33.1. The molecule has 0 aliphatic carbocycles. The van der Waals surface area contributed by atoms with Gasteiger partial charge in [0.2, 0.25) is 6.43 Å². The highest BCUT2D eigenvalue weighted by Gasteiger charge is 2.45. The first-order valence-electron chi connectivity index (χ1n) is 16.3. The number of nitrogens with zero attached hydrogens (tertiary/aromatic N) is 5. The van der Waals surface area contributed by atoms with Gasteiger partial charge in [-0.3, -0.25) is 4.98 Å². The fourth-order valence-electron chi connectivity index (χ4n) is 7.87. The number of aromatic hydroxyl groups is 1. The van der Waals surface area contributed by atoms with Crippen molar-refractivity contribution in [3.8, 4) is 23.0 Å². The van der Waals surface area contributed by atoms with E-state index in [1.54, 1.807) is 13.0 Å². The fourth-order valence-corrected chi connectivity index (χ4v) is 7.87.